The van der Waals surface area contributed by atoms with Crippen LogP contribution in [0.5, 0.6) is 0 Å². The first kappa shape index (κ1) is 10.4. The van der Waals surface area contributed by atoms with Gasteiger partial charge < -0.3 is 11.1 Å². The number of rotatable bonds is 3. The van der Waals surface area contributed by atoms with Crippen LogP contribution in [0.25, 0.3) is 0 Å². The van der Waals surface area contributed by atoms with Crippen LogP contribution < -0.4 is 11.1 Å². The van der Waals surface area contributed by atoms with Crippen molar-refractivity contribution in [2.75, 3.05) is 11.5 Å². The third-order valence-corrected chi connectivity index (χ3v) is 3.70. The van der Waals surface area contributed by atoms with E-state index in [0.29, 0.717) is 12.5 Å². The highest BCUT2D eigenvalue weighted by molar-refractivity contribution is 7.99. The summed E-state index contributed by atoms with van der Waals surface area (Å²) >= 11 is 1.71. The lowest BCUT2D eigenvalue weighted by atomic mass is 10.2. The molecular formula is C11H14N2OS. The summed E-state index contributed by atoms with van der Waals surface area (Å²) in [6.07, 6.45) is 1.61. The summed E-state index contributed by atoms with van der Waals surface area (Å²) in [5.74, 6) is 1.07. The van der Waals surface area contributed by atoms with Crippen molar-refractivity contribution >= 4 is 23.4 Å². The van der Waals surface area contributed by atoms with Crippen molar-refractivity contribution in [2.45, 2.75) is 23.8 Å². The molecule has 1 amide bonds. The molecule has 80 valence electrons. The molecule has 4 heteroatoms. The highest BCUT2D eigenvalue weighted by atomic mass is 32.2. The molecule has 1 saturated heterocycles. The topological polar surface area (TPSA) is 55.1 Å². The number of hydrogen-bond donors (Lipinski definition) is 2. The Hall–Kier alpha value is -1.16. The van der Waals surface area contributed by atoms with E-state index in [2.05, 4.69) is 5.32 Å². The molecule has 0 aliphatic carbocycles. The minimum absolute atomic E-state index is 0.168. The lowest BCUT2D eigenvalue weighted by Crippen LogP contribution is -2.27. The molecule has 1 unspecified atom stereocenters. The van der Waals surface area contributed by atoms with Gasteiger partial charge in [-0.2, -0.15) is 0 Å². The Morgan fingerprint density at radius 2 is 2.27 bits per heavy atom. The predicted octanol–water partition coefficient (Wildman–Crippen LogP) is 1.64. The highest BCUT2D eigenvalue weighted by Crippen LogP contribution is 2.26. The third-order valence-electron chi connectivity index (χ3n) is 2.44. The fraction of sp³-hybridized carbons (Fsp3) is 0.364. The van der Waals surface area contributed by atoms with E-state index in [0.717, 1.165) is 22.8 Å². The van der Waals surface area contributed by atoms with Gasteiger partial charge in [-0.1, -0.05) is 12.1 Å². The average molecular weight is 222 g/mol. The predicted molar refractivity (Wildman–Crippen MR) is 62.7 cm³/mol. The van der Waals surface area contributed by atoms with Gasteiger partial charge in [0.15, 0.2) is 0 Å². The standard InChI is InChI=1S/C11H14N2OS/c12-9-3-1-2-4-10(9)15-7-8-5-6-11(14)13-8/h1-4,8H,5-7,12H2,(H,13,14). The quantitative estimate of drug-likeness (QED) is 0.604. The number of anilines is 1. The smallest absolute Gasteiger partial charge is 0.220 e. The Kier molecular flexibility index (Phi) is 3.16. The fourth-order valence-corrected chi connectivity index (χ4v) is 2.64. The largest absolute Gasteiger partial charge is 0.398 e. The molecule has 1 aliphatic heterocycles. The van der Waals surface area contributed by atoms with Gasteiger partial charge in [0.05, 0.1) is 0 Å². The number of hydrogen-bond acceptors (Lipinski definition) is 3. The number of amides is 1. The van der Waals surface area contributed by atoms with E-state index in [-0.39, 0.29) is 5.91 Å². The molecule has 1 fully saturated rings. The minimum atomic E-state index is 0.168. The SMILES string of the molecule is Nc1ccccc1SCC1CCC(=O)N1. The molecule has 2 rings (SSSR count). The number of carbonyl (C=O) groups is 1. The number of carbonyl (C=O) groups excluding carboxylic acids is 1. The van der Waals surface area contributed by atoms with Gasteiger partial charge in [-0.15, -0.1) is 11.8 Å². The molecule has 0 aromatic heterocycles. The van der Waals surface area contributed by atoms with Gasteiger partial charge in [-0.3, -0.25) is 4.79 Å². The number of nitrogen functional groups attached to an aromatic ring is 1. The molecule has 0 radical (unpaired) electrons. The van der Waals surface area contributed by atoms with Crippen LogP contribution in [-0.4, -0.2) is 17.7 Å². The lowest BCUT2D eigenvalue weighted by molar-refractivity contribution is -0.119. The molecule has 1 heterocycles. The third kappa shape index (κ3) is 2.65. The van der Waals surface area contributed by atoms with Gasteiger partial charge in [-0.25, -0.2) is 0 Å². The van der Waals surface area contributed by atoms with Crippen LogP contribution in [0, 0.1) is 0 Å². The van der Waals surface area contributed by atoms with Gasteiger partial charge in [0.1, 0.15) is 0 Å². The zero-order valence-electron chi connectivity index (χ0n) is 8.40. The summed E-state index contributed by atoms with van der Waals surface area (Å²) in [4.78, 5) is 12.1. The minimum Gasteiger partial charge on any atom is -0.398 e. The van der Waals surface area contributed by atoms with Gasteiger partial charge >= 0.3 is 0 Å². The summed E-state index contributed by atoms with van der Waals surface area (Å²) < 4.78 is 0. The van der Waals surface area contributed by atoms with Crippen molar-refractivity contribution in [3.63, 3.8) is 0 Å². The van der Waals surface area contributed by atoms with Crippen LogP contribution in [0.2, 0.25) is 0 Å². The van der Waals surface area contributed by atoms with Gasteiger partial charge in [0, 0.05) is 28.8 Å². The summed E-state index contributed by atoms with van der Waals surface area (Å²) in [7, 11) is 0. The first-order valence-electron chi connectivity index (χ1n) is 5.02. The van der Waals surface area contributed by atoms with Crippen molar-refractivity contribution in [2.24, 2.45) is 0 Å². The van der Waals surface area contributed by atoms with E-state index in [9.17, 15) is 4.79 Å². The van der Waals surface area contributed by atoms with E-state index in [1.165, 1.54) is 0 Å². The van der Waals surface area contributed by atoms with E-state index < -0.39 is 0 Å². The van der Waals surface area contributed by atoms with Crippen molar-refractivity contribution in [1.82, 2.24) is 5.32 Å². The van der Waals surface area contributed by atoms with Crippen LogP contribution in [-0.2, 0) is 4.79 Å². The number of para-hydroxylation sites is 1. The van der Waals surface area contributed by atoms with Crippen LogP contribution in [0.15, 0.2) is 29.2 Å². The molecule has 1 atom stereocenters. The second kappa shape index (κ2) is 4.57. The first-order valence-corrected chi connectivity index (χ1v) is 6.01. The van der Waals surface area contributed by atoms with Crippen LogP contribution >= 0.6 is 11.8 Å². The van der Waals surface area contributed by atoms with E-state index >= 15 is 0 Å². The van der Waals surface area contributed by atoms with Crippen LogP contribution in [0.1, 0.15) is 12.8 Å². The Morgan fingerprint density at radius 3 is 2.93 bits per heavy atom. The average Bonchev–Trinajstić information content (AvgIpc) is 2.63. The van der Waals surface area contributed by atoms with Crippen LogP contribution in [0.4, 0.5) is 5.69 Å². The van der Waals surface area contributed by atoms with Gasteiger partial charge in [-0.05, 0) is 18.6 Å². The Bertz CT molecular complexity index is 367. The maximum Gasteiger partial charge on any atom is 0.220 e. The normalized spacial score (nSPS) is 20.3. The summed E-state index contributed by atoms with van der Waals surface area (Å²) in [5.41, 5.74) is 6.64. The lowest BCUT2D eigenvalue weighted by Gasteiger charge is -2.10. The van der Waals surface area contributed by atoms with Crippen molar-refractivity contribution in [3.8, 4) is 0 Å². The number of benzene rings is 1. The molecular weight excluding hydrogens is 208 g/mol. The summed E-state index contributed by atoms with van der Waals surface area (Å²) in [6, 6.07) is 8.12. The molecule has 1 aromatic carbocycles. The maximum atomic E-state index is 11.0. The molecule has 3 nitrogen and oxygen atoms in total. The van der Waals surface area contributed by atoms with E-state index in [4.69, 9.17) is 5.73 Å². The van der Waals surface area contributed by atoms with Crippen molar-refractivity contribution < 1.29 is 4.79 Å². The summed E-state index contributed by atoms with van der Waals surface area (Å²) in [5, 5.41) is 2.94. The van der Waals surface area contributed by atoms with Crippen LogP contribution in [0.3, 0.4) is 0 Å². The molecule has 1 aromatic rings. The zero-order valence-corrected chi connectivity index (χ0v) is 9.22. The Labute approximate surface area is 93.4 Å². The monoisotopic (exact) mass is 222 g/mol. The van der Waals surface area contributed by atoms with Gasteiger partial charge in [0.2, 0.25) is 5.91 Å². The Balaban J connectivity index is 1.88. The maximum absolute atomic E-state index is 11.0. The molecule has 0 bridgehead atoms. The first-order chi connectivity index (χ1) is 7.25. The van der Waals surface area contributed by atoms with Crippen molar-refractivity contribution in [3.05, 3.63) is 24.3 Å². The summed E-state index contributed by atoms with van der Waals surface area (Å²) in [6.45, 7) is 0. The molecule has 3 N–H and O–H groups in total. The molecule has 1 aliphatic rings. The number of nitrogens with one attached hydrogen (secondary N) is 1. The fourth-order valence-electron chi connectivity index (χ4n) is 1.60. The zero-order chi connectivity index (χ0) is 10.7. The number of nitrogens with two attached hydrogens (primary N) is 1. The molecule has 15 heavy (non-hydrogen) atoms. The highest BCUT2D eigenvalue weighted by Gasteiger charge is 2.20. The number of thioether (sulfide) groups is 1. The Morgan fingerprint density at radius 1 is 1.47 bits per heavy atom. The second-order valence-corrected chi connectivity index (χ2v) is 4.71. The van der Waals surface area contributed by atoms with E-state index in [1.807, 2.05) is 24.3 Å². The van der Waals surface area contributed by atoms with Gasteiger partial charge in [0.25, 0.3) is 0 Å². The van der Waals surface area contributed by atoms with Crippen molar-refractivity contribution in [1.29, 1.82) is 0 Å². The molecule has 0 saturated carbocycles. The van der Waals surface area contributed by atoms with E-state index in [1.54, 1.807) is 11.8 Å². The second-order valence-electron chi connectivity index (χ2n) is 3.65. The molecule has 0 spiro atoms.